The molecule has 4 heteroatoms. The SMILES string of the molecule is CCc1ccc(C(=O)Nc2cc(F)ccc2N2CCCCC2)cc1. The first-order valence-electron chi connectivity index (χ1n) is 8.62. The Bertz CT molecular complexity index is 706. The van der Waals surface area contributed by atoms with Crippen molar-refractivity contribution >= 4 is 17.3 Å². The second-order valence-corrected chi connectivity index (χ2v) is 6.21. The lowest BCUT2D eigenvalue weighted by atomic mass is 10.1. The van der Waals surface area contributed by atoms with E-state index in [4.69, 9.17) is 0 Å². The summed E-state index contributed by atoms with van der Waals surface area (Å²) in [6.45, 7) is 3.96. The summed E-state index contributed by atoms with van der Waals surface area (Å²) in [4.78, 5) is 14.7. The van der Waals surface area contributed by atoms with Gasteiger partial charge < -0.3 is 10.2 Å². The van der Waals surface area contributed by atoms with Gasteiger partial charge in [-0.15, -0.1) is 0 Å². The number of hydrogen-bond donors (Lipinski definition) is 1. The minimum Gasteiger partial charge on any atom is -0.370 e. The third-order valence-electron chi connectivity index (χ3n) is 4.53. The molecule has 1 fully saturated rings. The predicted molar refractivity (Wildman–Crippen MR) is 96.2 cm³/mol. The van der Waals surface area contributed by atoms with Crippen LogP contribution in [0.1, 0.15) is 42.1 Å². The van der Waals surface area contributed by atoms with Crippen molar-refractivity contribution in [2.24, 2.45) is 0 Å². The third-order valence-corrected chi connectivity index (χ3v) is 4.53. The first-order chi connectivity index (χ1) is 11.7. The number of halogens is 1. The summed E-state index contributed by atoms with van der Waals surface area (Å²) in [7, 11) is 0. The number of carbonyl (C=O) groups excluding carboxylic acids is 1. The monoisotopic (exact) mass is 326 g/mol. The molecule has 0 bridgehead atoms. The second kappa shape index (κ2) is 7.47. The molecule has 126 valence electrons. The number of piperidine rings is 1. The van der Waals surface area contributed by atoms with E-state index in [0.29, 0.717) is 11.3 Å². The fourth-order valence-electron chi connectivity index (χ4n) is 3.11. The van der Waals surface area contributed by atoms with Gasteiger partial charge in [0.25, 0.3) is 5.91 Å². The summed E-state index contributed by atoms with van der Waals surface area (Å²) in [6.07, 6.45) is 4.42. The van der Waals surface area contributed by atoms with Gasteiger partial charge in [-0.3, -0.25) is 4.79 Å². The summed E-state index contributed by atoms with van der Waals surface area (Å²) < 4.78 is 13.7. The van der Waals surface area contributed by atoms with Crippen LogP contribution in [-0.2, 0) is 6.42 Å². The van der Waals surface area contributed by atoms with Crippen molar-refractivity contribution in [3.63, 3.8) is 0 Å². The number of carbonyl (C=O) groups is 1. The van der Waals surface area contributed by atoms with Crippen molar-refractivity contribution in [3.8, 4) is 0 Å². The summed E-state index contributed by atoms with van der Waals surface area (Å²) in [5, 5.41) is 2.88. The average Bonchev–Trinajstić information content (AvgIpc) is 2.62. The standard InChI is InChI=1S/C20H23FN2O/c1-2-15-6-8-16(9-7-15)20(24)22-18-14-17(21)10-11-19(18)23-12-4-3-5-13-23/h6-11,14H,2-5,12-13H2,1H3,(H,22,24). The van der Waals surface area contributed by atoms with Crippen LogP contribution in [0.2, 0.25) is 0 Å². The van der Waals surface area contributed by atoms with Crippen LogP contribution in [0.15, 0.2) is 42.5 Å². The first-order valence-corrected chi connectivity index (χ1v) is 8.62. The fraction of sp³-hybridized carbons (Fsp3) is 0.350. The maximum absolute atomic E-state index is 13.7. The van der Waals surface area contributed by atoms with Crippen LogP contribution >= 0.6 is 0 Å². The molecule has 1 aliphatic rings. The maximum Gasteiger partial charge on any atom is 0.255 e. The highest BCUT2D eigenvalue weighted by atomic mass is 19.1. The molecule has 0 saturated carbocycles. The zero-order chi connectivity index (χ0) is 16.9. The fourth-order valence-corrected chi connectivity index (χ4v) is 3.11. The second-order valence-electron chi connectivity index (χ2n) is 6.21. The molecule has 24 heavy (non-hydrogen) atoms. The van der Waals surface area contributed by atoms with E-state index in [-0.39, 0.29) is 11.7 Å². The first kappa shape index (κ1) is 16.5. The summed E-state index contributed by atoms with van der Waals surface area (Å²) in [5.74, 6) is -0.547. The Balaban J connectivity index is 1.82. The Labute approximate surface area is 142 Å². The minimum atomic E-state index is -0.340. The van der Waals surface area contributed by atoms with Crippen molar-refractivity contribution in [1.29, 1.82) is 0 Å². The van der Waals surface area contributed by atoms with E-state index in [9.17, 15) is 9.18 Å². The third kappa shape index (κ3) is 3.75. The molecule has 3 nitrogen and oxygen atoms in total. The van der Waals surface area contributed by atoms with Gasteiger partial charge in [0.1, 0.15) is 5.82 Å². The van der Waals surface area contributed by atoms with Crippen LogP contribution in [0.4, 0.5) is 15.8 Å². The smallest absolute Gasteiger partial charge is 0.255 e. The molecule has 2 aromatic carbocycles. The number of anilines is 2. The lowest BCUT2D eigenvalue weighted by molar-refractivity contribution is 0.102. The van der Waals surface area contributed by atoms with Gasteiger partial charge in [-0.25, -0.2) is 4.39 Å². The molecule has 0 aliphatic carbocycles. The van der Waals surface area contributed by atoms with E-state index in [1.54, 1.807) is 6.07 Å². The zero-order valence-corrected chi connectivity index (χ0v) is 14.0. The molecular formula is C20H23FN2O. The average molecular weight is 326 g/mol. The Hall–Kier alpha value is -2.36. The summed E-state index contributed by atoms with van der Waals surface area (Å²) >= 11 is 0. The van der Waals surface area contributed by atoms with Gasteiger partial charge in [0.2, 0.25) is 0 Å². The van der Waals surface area contributed by atoms with E-state index in [1.807, 2.05) is 24.3 Å². The summed E-state index contributed by atoms with van der Waals surface area (Å²) in [5.41, 5.74) is 3.21. The molecule has 3 rings (SSSR count). The van der Waals surface area contributed by atoms with Crippen LogP contribution in [0, 0.1) is 5.82 Å². The Morgan fingerprint density at radius 1 is 1.08 bits per heavy atom. The van der Waals surface area contributed by atoms with Gasteiger partial charge in [0.05, 0.1) is 11.4 Å². The van der Waals surface area contributed by atoms with Crippen LogP contribution in [0.5, 0.6) is 0 Å². The number of hydrogen-bond acceptors (Lipinski definition) is 2. The Morgan fingerprint density at radius 2 is 1.79 bits per heavy atom. The molecule has 1 N–H and O–H groups in total. The number of nitrogens with zero attached hydrogens (tertiary/aromatic N) is 1. The van der Waals surface area contributed by atoms with E-state index in [1.165, 1.54) is 24.1 Å². The molecule has 0 radical (unpaired) electrons. The number of aryl methyl sites for hydroxylation is 1. The molecular weight excluding hydrogens is 303 g/mol. The van der Waals surface area contributed by atoms with Crippen LogP contribution in [-0.4, -0.2) is 19.0 Å². The highest BCUT2D eigenvalue weighted by Crippen LogP contribution is 2.29. The quantitative estimate of drug-likeness (QED) is 0.888. The van der Waals surface area contributed by atoms with Gasteiger partial charge in [0.15, 0.2) is 0 Å². The number of rotatable bonds is 4. The van der Waals surface area contributed by atoms with Crippen molar-refractivity contribution in [2.45, 2.75) is 32.6 Å². The number of amides is 1. The van der Waals surface area contributed by atoms with E-state index in [0.717, 1.165) is 38.0 Å². The molecule has 0 spiro atoms. The van der Waals surface area contributed by atoms with Crippen LogP contribution in [0.25, 0.3) is 0 Å². The molecule has 0 atom stereocenters. The molecule has 1 heterocycles. The molecule has 0 aromatic heterocycles. The molecule has 1 amide bonds. The van der Waals surface area contributed by atoms with Gasteiger partial charge in [0, 0.05) is 18.7 Å². The Kier molecular flexibility index (Phi) is 5.14. The lowest BCUT2D eigenvalue weighted by Crippen LogP contribution is -2.30. The van der Waals surface area contributed by atoms with Gasteiger partial charge in [-0.2, -0.15) is 0 Å². The van der Waals surface area contributed by atoms with Gasteiger partial charge >= 0.3 is 0 Å². The zero-order valence-electron chi connectivity index (χ0n) is 14.0. The normalized spacial score (nSPS) is 14.5. The highest BCUT2D eigenvalue weighted by molar-refractivity contribution is 6.06. The van der Waals surface area contributed by atoms with E-state index >= 15 is 0 Å². The van der Waals surface area contributed by atoms with Crippen molar-refractivity contribution < 1.29 is 9.18 Å². The van der Waals surface area contributed by atoms with Gasteiger partial charge in [-0.1, -0.05) is 19.1 Å². The molecule has 2 aromatic rings. The Morgan fingerprint density at radius 3 is 2.46 bits per heavy atom. The van der Waals surface area contributed by atoms with Crippen molar-refractivity contribution in [1.82, 2.24) is 0 Å². The van der Waals surface area contributed by atoms with Crippen molar-refractivity contribution in [3.05, 3.63) is 59.4 Å². The number of benzene rings is 2. The van der Waals surface area contributed by atoms with Crippen LogP contribution < -0.4 is 10.2 Å². The largest absolute Gasteiger partial charge is 0.370 e. The number of nitrogens with one attached hydrogen (secondary N) is 1. The van der Waals surface area contributed by atoms with Gasteiger partial charge in [-0.05, 0) is 61.6 Å². The maximum atomic E-state index is 13.7. The lowest BCUT2D eigenvalue weighted by Gasteiger charge is -2.30. The minimum absolute atomic E-state index is 0.207. The molecule has 0 unspecified atom stereocenters. The molecule has 1 saturated heterocycles. The molecule has 1 aliphatic heterocycles. The predicted octanol–water partition coefficient (Wildman–Crippen LogP) is 4.63. The van der Waals surface area contributed by atoms with E-state index in [2.05, 4.69) is 17.1 Å². The summed E-state index contributed by atoms with van der Waals surface area (Å²) in [6, 6.07) is 12.1. The highest BCUT2D eigenvalue weighted by Gasteiger charge is 2.17. The van der Waals surface area contributed by atoms with Crippen molar-refractivity contribution in [2.75, 3.05) is 23.3 Å². The topological polar surface area (TPSA) is 32.3 Å². The van der Waals surface area contributed by atoms with E-state index < -0.39 is 0 Å². The van der Waals surface area contributed by atoms with Crippen LogP contribution in [0.3, 0.4) is 0 Å².